The highest BCUT2D eigenvalue weighted by Crippen LogP contribution is 2.29. The lowest BCUT2D eigenvalue weighted by Crippen LogP contribution is -2.32. The van der Waals surface area contributed by atoms with Crippen LogP contribution in [0.5, 0.6) is 0 Å². The van der Waals surface area contributed by atoms with Crippen LogP contribution in [0.15, 0.2) is 33.5 Å². The lowest BCUT2D eigenvalue weighted by atomic mass is 10.1. The molecular formula is C13H16BrN3O2. The summed E-state index contributed by atoms with van der Waals surface area (Å²) in [7, 11) is 1.94. The molecule has 1 fully saturated rings. The predicted octanol–water partition coefficient (Wildman–Crippen LogP) is 2.40. The van der Waals surface area contributed by atoms with Crippen molar-refractivity contribution in [3.8, 4) is 0 Å². The van der Waals surface area contributed by atoms with Crippen molar-refractivity contribution in [2.24, 2.45) is 7.05 Å². The number of rotatable bonds is 4. The molecular weight excluding hydrogens is 310 g/mol. The van der Waals surface area contributed by atoms with Gasteiger partial charge in [-0.05, 0) is 40.5 Å². The number of aryl methyl sites for hydroxylation is 1. The second-order valence-corrected chi connectivity index (χ2v) is 5.43. The highest BCUT2D eigenvalue weighted by Gasteiger charge is 2.31. The lowest BCUT2D eigenvalue weighted by molar-refractivity contribution is 0.0915. The summed E-state index contributed by atoms with van der Waals surface area (Å²) in [6.45, 7) is 1.48. The smallest absolute Gasteiger partial charge is 0.169 e. The third-order valence-electron chi connectivity index (χ3n) is 3.41. The minimum absolute atomic E-state index is 0.0610. The van der Waals surface area contributed by atoms with Crippen LogP contribution in [0.4, 0.5) is 0 Å². The van der Waals surface area contributed by atoms with Crippen molar-refractivity contribution in [1.82, 2.24) is 15.1 Å². The summed E-state index contributed by atoms with van der Waals surface area (Å²) in [6.07, 6.45) is 2.86. The van der Waals surface area contributed by atoms with Gasteiger partial charge in [0, 0.05) is 25.9 Å². The summed E-state index contributed by atoms with van der Waals surface area (Å²) in [5, 5.41) is 7.70. The summed E-state index contributed by atoms with van der Waals surface area (Å²) < 4.78 is 13.9. The number of halogens is 1. The molecule has 6 heteroatoms. The molecule has 1 saturated heterocycles. The van der Waals surface area contributed by atoms with E-state index in [4.69, 9.17) is 9.15 Å². The monoisotopic (exact) mass is 325 g/mol. The molecule has 2 aromatic heterocycles. The molecule has 0 bridgehead atoms. The lowest BCUT2D eigenvalue weighted by Gasteiger charge is -2.19. The summed E-state index contributed by atoms with van der Waals surface area (Å²) in [6, 6.07) is 6.17. The van der Waals surface area contributed by atoms with Gasteiger partial charge in [0.25, 0.3) is 0 Å². The molecule has 3 rings (SSSR count). The number of aromatic nitrogens is 2. The van der Waals surface area contributed by atoms with Crippen molar-refractivity contribution in [2.45, 2.75) is 25.1 Å². The van der Waals surface area contributed by atoms with Crippen molar-refractivity contribution in [1.29, 1.82) is 0 Å². The minimum Gasteiger partial charge on any atom is -0.453 e. The molecule has 0 amide bonds. The second kappa shape index (κ2) is 5.48. The molecule has 1 aliphatic rings. The van der Waals surface area contributed by atoms with Gasteiger partial charge in [-0.15, -0.1) is 0 Å². The first-order valence-corrected chi connectivity index (χ1v) is 7.10. The molecule has 19 heavy (non-hydrogen) atoms. The van der Waals surface area contributed by atoms with Gasteiger partial charge >= 0.3 is 0 Å². The van der Waals surface area contributed by atoms with Crippen LogP contribution in [0.25, 0.3) is 0 Å². The van der Waals surface area contributed by atoms with Crippen LogP contribution in [0.2, 0.25) is 0 Å². The Labute approximate surface area is 120 Å². The van der Waals surface area contributed by atoms with E-state index in [2.05, 4.69) is 26.3 Å². The number of nitrogens with zero attached hydrogens (tertiary/aromatic N) is 2. The summed E-state index contributed by atoms with van der Waals surface area (Å²) in [4.78, 5) is 0. The maximum Gasteiger partial charge on any atom is 0.169 e. The Morgan fingerprint density at radius 2 is 2.37 bits per heavy atom. The normalized spacial score (nSPS) is 23.1. The molecule has 1 N–H and O–H groups in total. The maximum absolute atomic E-state index is 5.82. The van der Waals surface area contributed by atoms with E-state index in [0.717, 1.165) is 29.2 Å². The average molecular weight is 326 g/mol. The van der Waals surface area contributed by atoms with E-state index in [9.17, 15) is 0 Å². The molecule has 3 heterocycles. The molecule has 0 radical (unpaired) electrons. The Bertz CT molecular complexity index is 552. The fourth-order valence-corrected chi connectivity index (χ4v) is 2.77. The zero-order valence-corrected chi connectivity index (χ0v) is 12.3. The Morgan fingerprint density at radius 1 is 1.47 bits per heavy atom. The summed E-state index contributed by atoms with van der Waals surface area (Å²) in [5.74, 6) is 0.919. The molecule has 0 aromatic carbocycles. The van der Waals surface area contributed by atoms with Crippen molar-refractivity contribution in [3.63, 3.8) is 0 Å². The van der Waals surface area contributed by atoms with Gasteiger partial charge in [0.1, 0.15) is 11.9 Å². The molecule has 0 saturated carbocycles. The number of hydrogen-bond donors (Lipinski definition) is 1. The molecule has 1 aliphatic heterocycles. The molecule has 2 atom stereocenters. The van der Waals surface area contributed by atoms with Crippen molar-refractivity contribution in [2.75, 3.05) is 6.61 Å². The standard InChI is InChI=1S/C13H16BrN3O2/c1-17-11(4-6-16-17)13-10(5-7-18-13)15-8-9-2-3-12(14)19-9/h2-4,6,10,13,15H,5,7-8H2,1H3/t10-,13-/m0/s1. The number of ether oxygens (including phenoxy) is 1. The van der Waals surface area contributed by atoms with E-state index in [1.54, 1.807) is 6.20 Å². The third kappa shape index (κ3) is 2.75. The van der Waals surface area contributed by atoms with Crippen molar-refractivity contribution in [3.05, 3.63) is 40.5 Å². The van der Waals surface area contributed by atoms with Crippen LogP contribution in [-0.4, -0.2) is 22.4 Å². The molecule has 102 valence electrons. The molecule has 2 aromatic rings. The Balaban J connectivity index is 1.65. The first-order valence-electron chi connectivity index (χ1n) is 6.31. The van der Waals surface area contributed by atoms with Crippen LogP contribution in [0.3, 0.4) is 0 Å². The van der Waals surface area contributed by atoms with Gasteiger partial charge in [0.05, 0.1) is 12.2 Å². The van der Waals surface area contributed by atoms with E-state index in [1.807, 2.05) is 29.9 Å². The van der Waals surface area contributed by atoms with E-state index < -0.39 is 0 Å². The van der Waals surface area contributed by atoms with E-state index >= 15 is 0 Å². The Morgan fingerprint density at radius 3 is 3.05 bits per heavy atom. The van der Waals surface area contributed by atoms with Crippen LogP contribution >= 0.6 is 15.9 Å². The highest BCUT2D eigenvalue weighted by atomic mass is 79.9. The molecule has 0 unspecified atom stereocenters. The van der Waals surface area contributed by atoms with Gasteiger partial charge in [0.2, 0.25) is 0 Å². The Kier molecular flexibility index (Phi) is 3.72. The van der Waals surface area contributed by atoms with Gasteiger partial charge in [-0.2, -0.15) is 5.10 Å². The highest BCUT2D eigenvalue weighted by molar-refractivity contribution is 9.10. The number of furan rings is 1. The fourth-order valence-electron chi connectivity index (χ4n) is 2.43. The van der Waals surface area contributed by atoms with Gasteiger partial charge in [-0.1, -0.05) is 0 Å². The minimum atomic E-state index is 0.0610. The van der Waals surface area contributed by atoms with E-state index in [0.29, 0.717) is 12.6 Å². The maximum atomic E-state index is 5.82. The predicted molar refractivity (Wildman–Crippen MR) is 73.6 cm³/mol. The zero-order valence-electron chi connectivity index (χ0n) is 10.7. The van der Waals surface area contributed by atoms with E-state index in [-0.39, 0.29) is 6.10 Å². The largest absolute Gasteiger partial charge is 0.453 e. The van der Waals surface area contributed by atoms with Gasteiger partial charge in [-0.3, -0.25) is 4.68 Å². The van der Waals surface area contributed by atoms with Crippen molar-refractivity contribution >= 4 is 15.9 Å². The van der Waals surface area contributed by atoms with Crippen LogP contribution < -0.4 is 5.32 Å². The summed E-state index contributed by atoms with van der Waals surface area (Å²) >= 11 is 3.31. The molecule has 5 nitrogen and oxygen atoms in total. The molecule has 0 spiro atoms. The van der Waals surface area contributed by atoms with Crippen molar-refractivity contribution < 1.29 is 9.15 Å². The third-order valence-corrected chi connectivity index (χ3v) is 3.84. The average Bonchev–Trinajstić information content (AvgIpc) is 3.07. The van der Waals surface area contributed by atoms with Crippen LogP contribution in [-0.2, 0) is 18.3 Å². The summed E-state index contributed by atoms with van der Waals surface area (Å²) in [5.41, 5.74) is 1.11. The quantitative estimate of drug-likeness (QED) is 0.937. The van der Waals surface area contributed by atoms with Gasteiger partial charge in [-0.25, -0.2) is 0 Å². The van der Waals surface area contributed by atoms with Crippen LogP contribution in [0, 0.1) is 0 Å². The second-order valence-electron chi connectivity index (χ2n) is 4.65. The number of nitrogens with one attached hydrogen (secondary N) is 1. The first-order chi connectivity index (χ1) is 9.24. The fraction of sp³-hybridized carbons (Fsp3) is 0.462. The number of hydrogen-bond acceptors (Lipinski definition) is 4. The SMILES string of the molecule is Cn1nccc1[C@H]1OCC[C@@H]1NCc1ccc(Br)o1. The van der Waals surface area contributed by atoms with E-state index in [1.165, 1.54) is 0 Å². The van der Waals surface area contributed by atoms with Crippen LogP contribution in [0.1, 0.15) is 24.0 Å². The Hall–Kier alpha value is -1.11. The zero-order chi connectivity index (χ0) is 13.2. The van der Waals surface area contributed by atoms with Gasteiger partial charge in [0.15, 0.2) is 4.67 Å². The first kappa shape index (κ1) is 12.9. The van der Waals surface area contributed by atoms with Gasteiger partial charge < -0.3 is 14.5 Å². The molecule has 0 aliphatic carbocycles. The topological polar surface area (TPSA) is 52.2 Å².